The van der Waals surface area contributed by atoms with Gasteiger partial charge in [0.1, 0.15) is 0 Å². The van der Waals surface area contributed by atoms with Crippen molar-refractivity contribution in [2.24, 2.45) is 0 Å². The average Bonchev–Trinajstić information content (AvgIpc) is 2.56. The summed E-state index contributed by atoms with van der Waals surface area (Å²) in [4.78, 5) is 19.3. The first-order chi connectivity index (χ1) is 11.2. The lowest BCUT2D eigenvalue weighted by atomic mass is 10.1. The number of anilines is 1. The molecule has 6 heteroatoms. The number of hydrogen-bond donors (Lipinski definition) is 0. The minimum absolute atomic E-state index is 0.00557. The summed E-state index contributed by atoms with van der Waals surface area (Å²) in [5.41, 5.74) is 0.935. The third kappa shape index (κ3) is 3.74. The number of terminal acetylenes is 1. The van der Waals surface area contributed by atoms with Gasteiger partial charge < -0.3 is 9.80 Å². The summed E-state index contributed by atoms with van der Waals surface area (Å²) < 4.78 is 1.64. The maximum absolute atomic E-state index is 12.5. The number of likely N-dealkylation sites (N-methyl/N-ethyl adjacent to an activating group) is 1. The highest BCUT2D eigenvalue weighted by Crippen LogP contribution is 2.20. The van der Waals surface area contributed by atoms with E-state index in [1.54, 1.807) is 10.7 Å². The van der Waals surface area contributed by atoms with E-state index in [4.69, 9.17) is 6.42 Å². The Bertz CT molecular complexity index is 627. The number of hydrogen-bond acceptors (Lipinski definition) is 5. The Morgan fingerprint density at radius 3 is 2.78 bits per heavy atom. The summed E-state index contributed by atoms with van der Waals surface area (Å²) in [6.07, 6.45) is 9.29. The van der Waals surface area contributed by atoms with Crippen LogP contribution in [0, 0.1) is 12.3 Å². The van der Waals surface area contributed by atoms with E-state index in [1.165, 1.54) is 0 Å². The third-order valence-corrected chi connectivity index (χ3v) is 4.82. The maximum Gasteiger partial charge on any atom is 0.269 e. The molecule has 1 aromatic rings. The Balaban J connectivity index is 1.72. The molecule has 124 valence electrons. The molecule has 3 rings (SSSR count). The molecule has 3 heterocycles. The highest BCUT2D eigenvalue weighted by Gasteiger charge is 2.23. The average molecular weight is 315 g/mol. The van der Waals surface area contributed by atoms with Crippen LogP contribution in [0.2, 0.25) is 0 Å². The topological polar surface area (TPSA) is 44.6 Å². The van der Waals surface area contributed by atoms with Crippen molar-refractivity contribution in [2.45, 2.75) is 18.9 Å². The van der Waals surface area contributed by atoms with Gasteiger partial charge in [0, 0.05) is 38.8 Å². The molecule has 0 aliphatic carbocycles. The highest BCUT2D eigenvalue weighted by atomic mass is 16.1. The fourth-order valence-corrected chi connectivity index (χ4v) is 3.42. The van der Waals surface area contributed by atoms with Crippen molar-refractivity contribution < 1.29 is 0 Å². The van der Waals surface area contributed by atoms with Crippen molar-refractivity contribution in [1.29, 1.82) is 0 Å². The van der Waals surface area contributed by atoms with Crippen LogP contribution in [0.25, 0.3) is 0 Å². The molecule has 23 heavy (non-hydrogen) atoms. The Morgan fingerprint density at radius 2 is 2.09 bits per heavy atom. The van der Waals surface area contributed by atoms with E-state index < -0.39 is 0 Å². The molecule has 2 aliphatic heterocycles. The van der Waals surface area contributed by atoms with Crippen LogP contribution in [0.3, 0.4) is 0 Å². The van der Waals surface area contributed by atoms with Crippen molar-refractivity contribution in [3.8, 4) is 12.3 Å². The molecule has 0 saturated carbocycles. The summed E-state index contributed by atoms with van der Waals surface area (Å²) in [6, 6.07) is 1.87. The quantitative estimate of drug-likeness (QED) is 0.749. The summed E-state index contributed by atoms with van der Waals surface area (Å²) in [5, 5.41) is 4.46. The molecule has 0 spiro atoms. The van der Waals surface area contributed by atoms with E-state index in [9.17, 15) is 4.79 Å². The Kier molecular flexibility index (Phi) is 4.99. The van der Waals surface area contributed by atoms with Crippen LogP contribution in [0.5, 0.6) is 0 Å². The largest absolute Gasteiger partial charge is 0.368 e. The molecule has 0 bridgehead atoms. The molecule has 1 aromatic heterocycles. The molecule has 0 aromatic carbocycles. The third-order valence-electron chi connectivity index (χ3n) is 4.82. The van der Waals surface area contributed by atoms with E-state index in [1.807, 2.05) is 6.20 Å². The van der Waals surface area contributed by atoms with Crippen LogP contribution < -0.4 is 10.5 Å². The number of nitrogens with zero attached hydrogens (tertiary/aromatic N) is 5. The molecular formula is C17H25N5O. The molecule has 2 fully saturated rings. The lowest BCUT2D eigenvalue weighted by Gasteiger charge is -2.34. The normalized spacial score (nSPS) is 23.7. The van der Waals surface area contributed by atoms with Crippen molar-refractivity contribution in [2.75, 3.05) is 57.8 Å². The zero-order valence-electron chi connectivity index (χ0n) is 13.8. The number of piperazine rings is 1. The second-order valence-electron chi connectivity index (χ2n) is 6.52. The number of piperidine rings is 1. The van der Waals surface area contributed by atoms with E-state index in [0.29, 0.717) is 6.54 Å². The van der Waals surface area contributed by atoms with Crippen LogP contribution in [0.4, 0.5) is 5.69 Å². The monoisotopic (exact) mass is 315 g/mol. The summed E-state index contributed by atoms with van der Waals surface area (Å²) in [5.74, 6) is 2.69. The lowest BCUT2D eigenvalue weighted by Crippen LogP contribution is -2.45. The Labute approximate surface area is 137 Å². The van der Waals surface area contributed by atoms with Gasteiger partial charge in [-0.25, -0.2) is 4.68 Å². The van der Waals surface area contributed by atoms with Gasteiger partial charge in [-0.3, -0.25) is 9.69 Å². The second kappa shape index (κ2) is 7.16. The van der Waals surface area contributed by atoms with Crippen molar-refractivity contribution in [1.82, 2.24) is 19.6 Å². The number of rotatable bonds is 3. The molecule has 1 unspecified atom stereocenters. The van der Waals surface area contributed by atoms with Crippen LogP contribution in [0.1, 0.15) is 18.9 Å². The van der Waals surface area contributed by atoms with Crippen LogP contribution in [-0.2, 0) is 0 Å². The van der Waals surface area contributed by atoms with Gasteiger partial charge >= 0.3 is 0 Å². The molecule has 6 nitrogen and oxygen atoms in total. The van der Waals surface area contributed by atoms with Crippen molar-refractivity contribution in [3.05, 3.63) is 22.6 Å². The summed E-state index contributed by atoms with van der Waals surface area (Å²) >= 11 is 0. The lowest BCUT2D eigenvalue weighted by molar-refractivity contribution is 0.183. The minimum Gasteiger partial charge on any atom is -0.368 e. The highest BCUT2D eigenvalue weighted by molar-refractivity contribution is 5.43. The first-order valence-corrected chi connectivity index (χ1v) is 8.35. The second-order valence-corrected chi connectivity index (χ2v) is 6.52. The van der Waals surface area contributed by atoms with Crippen LogP contribution in [0.15, 0.2) is 17.1 Å². The van der Waals surface area contributed by atoms with Gasteiger partial charge in [0.05, 0.1) is 24.5 Å². The maximum atomic E-state index is 12.5. The van der Waals surface area contributed by atoms with Crippen LogP contribution >= 0.6 is 0 Å². The first kappa shape index (κ1) is 16.0. The fraction of sp³-hybridized carbons (Fsp3) is 0.647. The number of likely N-dealkylation sites (tertiary alicyclic amines) is 1. The van der Waals surface area contributed by atoms with E-state index in [-0.39, 0.29) is 11.6 Å². The van der Waals surface area contributed by atoms with Gasteiger partial charge in [-0.15, -0.1) is 6.42 Å². The van der Waals surface area contributed by atoms with E-state index in [0.717, 1.165) is 57.8 Å². The molecule has 1 atom stereocenters. The minimum atomic E-state index is -0.00557. The molecular weight excluding hydrogens is 290 g/mol. The van der Waals surface area contributed by atoms with Gasteiger partial charge in [-0.1, -0.05) is 5.92 Å². The fourth-order valence-electron chi connectivity index (χ4n) is 3.42. The summed E-state index contributed by atoms with van der Waals surface area (Å²) in [7, 11) is 2.12. The van der Waals surface area contributed by atoms with Gasteiger partial charge in [-0.05, 0) is 26.4 Å². The van der Waals surface area contributed by atoms with Gasteiger partial charge in [-0.2, -0.15) is 5.10 Å². The first-order valence-electron chi connectivity index (χ1n) is 8.35. The predicted octanol–water partition coefficient (Wildman–Crippen LogP) is 0.265. The molecule has 2 saturated heterocycles. The molecule has 0 amide bonds. The molecule has 0 radical (unpaired) electrons. The SMILES string of the molecule is C#CCN1CCCC(n2ncc(N3CCN(C)CC3)cc2=O)C1. The Morgan fingerprint density at radius 1 is 1.30 bits per heavy atom. The Hall–Kier alpha value is -1.84. The van der Waals surface area contributed by atoms with Crippen molar-refractivity contribution >= 4 is 5.69 Å². The zero-order chi connectivity index (χ0) is 16.2. The van der Waals surface area contributed by atoms with Gasteiger partial charge in [0.25, 0.3) is 5.56 Å². The number of aromatic nitrogens is 2. The molecule has 2 aliphatic rings. The molecule has 0 N–H and O–H groups in total. The predicted molar refractivity (Wildman–Crippen MR) is 91.8 cm³/mol. The zero-order valence-corrected chi connectivity index (χ0v) is 13.8. The summed E-state index contributed by atoms with van der Waals surface area (Å²) in [6.45, 7) is 6.39. The van der Waals surface area contributed by atoms with Gasteiger partial charge in [0.15, 0.2) is 0 Å². The smallest absolute Gasteiger partial charge is 0.269 e. The van der Waals surface area contributed by atoms with Gasteiger partial charge in [0.2, 0.25) is 0 Å². The van der Waals surface area contributed by atoms with E-state index >= 15 is 0 Å². The standard InChI is InChI=1S/C17H25N5O/c1-3-6-20-7-4-5-15(14-20)22-17(23)12-16(13-18-22)21-10-8-19(2)9-11-21/h1,12-13,15H,4-11,14H2,2H3. The van der Waals surface area contributed by atoms with E-state index in [2.05, 4.69) is 32.8 Å². The van der Waals surface area contributed by atoms with Crippen molar-refractivity contribution in [3.63, 3.8) is 0 Å². The van der Waals surface area contributed by atoms with Crippen LogP contribution in [-0.4, -0.2) is 72.4 Å².